The van der Waals surface area contributed by atoms with Crippen molar-refractivity contribution in [3.05, 3.63) is 81.2 Å². The summed E-state index contributed by atoms with van der Waals surface area (Å²) in [5.41, 5.74) is -0.914. The summed E-state index contributed by atoms with van der Waals surface area (Å²) in [6, 6.07) is 11.0. The van der Waals surface area contributed by atoms with Gasteiger partial charge in [0.2, 0.25) is 0 Å². The zero-order valence-electron chi connectivity index (χ0n) is 15.3. The number of rotatable bonds is 4. The lowest BCUT2D eigenvalue weighted by atomic mass is 10.1. The highest BCUT2D eigenvalue weighted by Crippen LogP contribution is 2.34. The molecule has 0 spiro atoms. The van der Waals surface area contributed by atoms with Gasteiger partial charge < -0.3 is 5.32 Å². The third-order valence-corrected chi connectivity index (χ3v) is 4.18. The lowest BCUT2D eigenvalue weighted by Gasteiger charge is -2.12. The summed E-state index contributed by atoms with van der Waals surface area (Å²) >= 11 is 0. The molecule has 1 amide bonds. The molecule has 7 nitrogen and oxygen atoms in total. The molecule has 0 radical (unpaired) electrons. The molecule has 2 aromatic carbocycles. The highest BCUT2D eigenvalue weighted by molar-refractivity contribution is 6.05. The first-order valence-corrected chi connectivity index (χ1v) is 8.37. The summed E-state index contributed by atoms with van der Waals surface area (Å²) in [5, 5.41) is 17.9. The Morgan fingerprint density at radius 2 is 1.83 bits per heavy atom. The van der Waals surface area contributed by atoms with Gasteiger partial charge in [-0.25, -0.2) is 4.68 Å². The third-order valence-electron chi connectivity index (χ3n) is 4.18. The van der Waals surface area contributed by atoms with Crippen LogP contribution in [-0.4, -0.2) is 20.6 Å². The molecule has 29 heavy (non-hydrogen) atoms. The average molecular weight is 404 g/mol. The minimum Gasteiger partial charge on any atom is -0.322 e. The second kappa shape index (κ2) is 7.38. The van der Waals surface area contributed by atoms with Crippen LogP contribution in [0.25, 0.3) is 5.69 Å². The number of nitrogens with zero attached hydrogens (tertiary/aromatic N) is 3. The van der Waals surface area contributed by atoms with E-state index >= 15 is 0 Å². The van der Waals surface area contributed by atoms with Crippen molar-refractivity contribution >= 4 is 17.3 Å². The van der Waals surface area contributed by atoms with Crippen molar-refractivity contribution < 1.29 is 22.9 Å². The van der Waals surface area contributed by atoms with Crippen molar-refractivity contribution in [1.82, 2.24) is 9.78 Å². The van der Waals surface area contributed by atoms with E-state index < -0.39 is 28.4 Å². The van der Waals surface area contributed by atoms with Crippen LogP contribution in [-0.2, 0) is 6.18 Å². The van der Waals surface area contributed by atoms with Crippen LogP contribution in [0.1, 0.15) is 27.3 Å². The maximum Gasteiger partial charge on any atom is 0.433 e. The van der Waals surface area contributed by atoms with Gasteiger partial charge in [0.25, 0.3) is 11.6 Å². The van der Waals surface area contributed by atoms with Crippen LogP contribution >= 0.6 is 0 Å². The van der Waals surface area contributed by atoms with Crippen LogP contribution in [0.2, 0.25) is 0 Å². The van der Waals surface area contributed by atoms with Gasteiger partial charge in [-0.05, 0) is 43.7 Å². The van der Waals surface area contributed by atoms with Gasteiger partial charge in [-0.3, -0.25) is 14.9 Å². The Balaban J connectivity index is 2.04. The zero-order valence-corrected chi connectivity index (χ0v) is 15.3. The number of nitrogens with one attached hydrogen (secondary N) is 1. The van der Waals surface area contributed by atoms with Crippen LogP contribution in [0.5, 0.6) is 0 Å². The van der Waals surface area contributed by atoms with E-state index in [1.165, 1.54) is 13.0 Å². The third kappa shape index (κ3) is 4.10. The summed E-state index contributed by atoms with van der Waals surface area (Å²) in [6.07, 6.45) is -4.75. The number of aromatic nitrogens is 2. The molecule has 0 aliphatic heterocycles. The molecule has 0 saturated heterocycles. The zero-order chi connectivity index (χ0) is 21.3. The normalized spacial score (nSPS) is 11.3. The Kier molecular flexibility index (Phi) is 5.10. The molecule has 150 valence electrons. The molecule has 0 saturated carbocycles. The van der Waals surface area contributed by atoms with Crippen molar-refractivity contribution in [2.24, 2.45) is 0 Å². The van der Waals surface area contributed by atoms with E-state index in [9.17, 15) is 28.1 Å². The van der Waals surface area contributed by atoms with Crippen LogP contribution in [0, 0.1) is 24.0 Å². The Bertz CT molecular complexity index is 1110. The molecule has 3 aromatic rings. The first-order chi connectivity index (χ1) is 13.6. The van der Waals surface area contributed by atoms with Crippen molar-refractivity contribution in [2.75, 3.05) is 5.32 Å². The number of carbonyl (C=O) groups is 1. The van der Waals surface area contributed by atoms with Crippen LogP contribution in [0.3, 0.4) is 0 Å². The predicted octanol–water partition coefficient (Wildman–Crippen LogP) is 4.67. The molecule has 1 heterocycles. The fourth-order valence-electron chi connectivity index (χ4n) is 2.78. The van der Waals surface area contributed by atoms with Crippen LogP contribution in [0.15, 0.2) is 48.5 Å². The lowest BCUT2D eigenvalue weighted by Crippen LogP contribution is -2.16. The second-order valence-corrected chi connectivity index (χ2v) is 6.31. The molecular weight excluding hydrogens is 389 g/mol. The largest absolute Gasteiger partial charge is 0.433 e. The van der Waals surface area contributed by atoms with Crippen LogP contribution in [0.4, 0.5) is 24.5 Å². The molecule has 0 unspecified atom stereocenters. The number of benzene rings is 2. The van der Waals surface area contributed by atoms with Crippen LogP contribution < -0.4 is 5.32 Å². The molecule has 0 aliphatic carbocycles. The topological polar surface area (TPSA) is 90.1 Å². The van der Waals surface area contributed by atoms with E-state index in [2.05, 4.69) is 10.4 Å². The van der Waals surface area contributed by atoms with E-state index in [4.69, 9.17) is 0 Å². The minimum absolute atomic E-state index is 0.0491. The summed E-state index contributed by atoms with van der Waals surface area (Å²) in [5.74, 6) is -0.623. The first kappa shape index (κ1) is 20.1. The summed E-state index contributed by atoms with van der Waals surface area (Å²) in [4.78, 5) is 23.1. The summed E-state index contributed by atoms with van der Waals surface area (Å²) < 4.78 is 40.3. The van der Waals surface area contributed by atoms with E-state index in [1.807, 2.05) is 0 Å². The Hall–Kier alpha value is -3.69. The van der Waals surface area contributed by atoms with Gasteiger partial charge in [-0.2, -0.15) is 18.3 Å². The lowest BCUT2D eigenvalue weighted by molar-refractivity contribution is -0.384. The van der Waals surface area contributed by atoms with Crippen molar-refractivity contribution in [3.63, 3.8) is 0 Å². The number of alkyl halides is 3. The molecule has 0 bridgehead atoms. The van der Waals surface area contributed by atoms with Gasteiger partial charge >= 0.3 is 6.18 Å². The quantitative estimate of drug-likeness (QED) is 0.506. The number of aryl methyl sites for hydroxylation is 2. The molecular formula is C19H15F3N4O3. The van der Waals surface area contributed by atoms with Gasteiger partial charge in [0.05, 0.1) is 10.6 Å². The number of hydrogen-bond acceptors (Lipinski definition) is 4. The smallest absolute Gasteiger partial charge is 0.322 e. The van der Waals surface area contributed by atoms with Crippen molar-refractivity contribution in [3.8, 4) is 5.69 Å². The molecule has 0 aliphatic rings. The maximum absolute atomic E-state index is 13.3. The number of nitro groups is 1. The van der Waals surface area contributed by atoms with Crippen molar-refractivity contribution in [1.29, 1.82) is 0 Å². The summed E-state index contributed by atoms with van der Waals surface area (Å²) in [6.45, 7) is 3.13. The highest BCUT2D eigenvalue weighted by Gasteiger charge is 2.37. The number of para-hydroxylation sites is 1. The second-order valence-electron chi connectivity index (χ2n) is 6.31. The summed E-state index contributed by atoms with van der Waals surface area (Å²) in [7, 11) is 0. The number of anilines is 1. The number of nitro benzene ring substituents is 1. The fraction of sp³-hybridized carbons (Fsp3) is 0.158. The minimum atomic E-state index is -4.75. The maximum atomic E-state index is 13.3. The molecule has 1 N–H and O–H groups in total. The molecule has 1 aromatic heterocycles. The first-order valence-electron chi connectivity index (χ1n) is 8.37. The molecule has 10 heteroatoms. The molecule has 0 fully saturated rings. The van der Waals surface area contributed by atoms with Crippen molar-refractivity contribution in [2.45, 2.75) is 20.0 Å². The number of carbonyl (C=O) groups excluding carboxylic acids is 1. The van der Waals surface area contributed by atoms with E-state index in [0.717, 1.165) is 23.8 Å². The number of amides is 1. The fourth-order valence-corrected chi connectivity index (χ4v) is 2.78. The Morgan fingerprint density at radius 3 is 2.45 bits per heavy atom. The van der Waals surface area contributed by atoms with Gasteiger partial charge in [0.15, 0.2) is 0 Å². The SMILES string of the molecule is Cc1cc(C(F)(F)F)n(-c2ccc(C(=O)Nc3ccccc3C)cc2[N+](=O)[O-])n1. The molecule has 3 rings (SSSR count). The van der Waals surface area contributed by atoms with Gasteiger partial charge in [0.1, 0.15) is 11.4 Å². The van der Waals surface area contributed by atoms with E-state index in [1.54, 1.807) is 31.2 Å². The predicted molar refractivity (Wildman–Crippen MR) is 99.1 cm³/mol. The number of halogens is 3. The monoisotopic (exact) mass is 404 g/mol. The average Bonchev–Trinajstić information content (AvgIpc) is 3.05. The Labute approximate surface area is 162 Å². The standard InChI is InChI=1S/C19H15F3N4O3/c1-11-5-3-4-6-14(11)23-18(27)13-7-8-15(16(10-13)26(28)29)25-17(19(20,21)22)9-12(2)24-25/h3-10H,1-2H3,(H,23,27). The van der Waals surface area contributed by atoms with E-state index in [-0.39, 0.29) is 16.9 Å². The van der Waals surface area contributed by atoms with Gasteiger partial charge in [-0.1, -0.05) is 18.2 Å². The highest BCUT2D eigenvalue weighted by atomic mass is 19.4. The van der Waals surface area contributed by atoms with Gasteiger partial charge in [0, 0.05) is 17.3 Å². The molecule has 0 atom stereocenters. The van der Waals surface area contributed by atoms with Gasteiger partial charge in [-0.15, -0.1) is 0 Å². The van der Waals surface area contributed by atoms with E-state index in [0.29, 0.717) is 10.4 Å². The number of hydrogen-bond donors (Lipinski definition) is 1. The Morgan fingerprint density at radius 1 is 1.14 bits per heavy atom.